The van der Waals surface area contributed by atoms with Crippen LogP contribution in [0.25, 0.3) is 0 Å². The van der Waals surface area contributed by atoms with E-state index in [0.29, 0.717) is 6.42 Å². The predicted molar refractivity (Wildman–Crippen MR) is 115 cm³/mol. The number of hydrazine groups is 1. The summed E-state index contributed by atoms with van der Waals surface area (Å²) in [6, 6.07) is 10.8. The van der Waals surface area contributed by atoms with Crippen LogP contribution in [0, 0.1) is 21.4 Å². The summed E-state index contributed by atoms with van der Waals surface area (Å²) in [5.74, 6) is 0.270. The fraction of sp³-hybridized carbons (Fsp3) is 0.409. The van der Waals surface area contributed by atoms with Crippen LogP contribution in [0.15, 0.2) is 53.0 Å². The van der Waals surface area contributed by atoms with Crippen LogP contribution in [-0.4, -0.2) is 16.9 Å². The monoisotopic (exact) mass is 424 g/mol. The van der Waals surface area contributed by atoms with Crippen LogP contribution in [0.4, 0.5) is 5.69 Å². The lowest BCUT2D eigenvalue weighted by molar-refractivity contribution is -0.384. The highest BCUT2D eigenvalue weighted by molar-refractivity contribution is 7.10. The number of non-ortho nitro benzene ring substituents is 1. The first-order valence-corrected chi connectivity index (χ1v) is 11.0. The zero-order valence-corrected chi connectivity index (χ0v) is 17.7. The van der Waals surface area contributed by atoms with Crippen LogP contribution in [0.1, 0.15) is 49.1 Å². The Bertz CT molecular complexity index is 1030. The minimum atomic E-state index is -0.386. The second kappa shape index (κ2) is 7.01. The van der Waals surface area contributed by atoms with Crippen LogP contribution in [0.2, 0.25) is 0 Å². The third kappa shape index (κ3) is 3.15. The first kappa shape index (κ1) is 19.4. The molecule has 2 aromatic rings. The van der Waals surface area contributed by atoms with Crippen molar-refractivity contribution in [2.24, 2.45) is 11.3 Å². The second-order valence-electron chi connectivity index (χ2n) is 9.14. The van der Waals surface area contributed by atoms with Gasteiger partial charge in [0.15, 0.2) is 5.78 Å². The summed E-state index contributed by atoms with van der Waals surface area (Å²) in [5.41, 5.74) is 9.71. The zero-order valence-electron chi connectivity index (χ0n) is 16.8. The fourth-order valence-electron chi connectivity index (χ4n) is 5.20. The van der Waals surface area contributed by atoms with Gasteiger partial charge in [-0.3, -0.25) is 14.9 Å². The van der Waals surface area contributed by atoms with E-state index in [1.54, 1.807) is 35.6 Å². The molecule has 7 nitrogen and oxygen atoms in total. The molecule has 3 heterocycles. The molecule has 4 unspecified atom stereocenters. The molecule has 8 heteroatoms. The van der Waals surface area contributed by atoms with E-state index in [1.807, 2.05) is 6.07 Å². The highest BCUT2D eigenvalue weighted by Gasteiger charge is 2.51. The Morgan fingerprint density at radius 1 is 1.13 bits per heavy atom. The van der Waals surface area contributed by atoms with Crippen molar-refractivity contribution < 1.29 is 9.72 Å². The Labute approximate surface area is 178 Å². The van der Waals surface area contributed by atoms with Crippen molar-refractivity contribution in [2.45, 2.75) is 44.8 Å². The summed E-state index contributed by atoms with van der Waals surface area (Å²) in [5, 5.41) is 16.7. The Hall–Kier alpha value is -2.55. The minimum absolute atomic E-state index is 0.0162. The molecule has 3 N–H and O–H groups in total. The number of nitrogens with one attached hydrogen (secondary N) is 3. The highest BCUT2D eigenvalue weighted by Crippen LogP contribution is 2.51. The van der Waals surface area contributed by atoms with Gasteiger partial charge in [-0.25, -0.2) is 10.9 Å². The summed E-state index contributed by atoms with van der Waals surface area (Å²) in [4.78, 5) is 25.1. The molecule has 1 aromatic heterocycles. The summed E-state index contributed by atoms with van der Waals surface area (Å²) < 4.78 is 0. The van der Waals surface area contributed by atoms with E-state index >= 15 is 0 Å². The number of fused-ring (bicyclic) bond motifs is 1. The highest BCUT2D eigenvalue weighted by atomic mass is 32.1. The SMILES string of the molecule is CC1(C)CC(=O)C2=C(C1)NC1NNC(c3ccc([N+](=O)[O-])cc3)C1C2c1cccs1. The molecule has 1 aromatic carbocycles. The normalized spacial score (nSPS) is 29.9. The largest absolute Gasteiger partial charge is 0.371 e. The van der Waals surface area contributed by atoms with Crippen LogP contribution >= 0.6 is 11.3 Å². The van der Waals surface area contributed by atoms with Gasteiger partial charge in [0.2, 0.25) is 0 Å². The maximum atomic E-state index is 13.3. The summed E-state index contributed by atoms with van der Waals surface area (Å²) in [6.07, 6.45) is 1.37. The first-order valence-electron chi connectivity index (χ1n) is 10.2. The molecule has 4 atom stereocenters. The number of benzene rings is 1. The van der Waals surface area contributed by atoms with Gasteiger partial charge in [-0.1, -0.05) is 32.0 Å². The molecule has 1 fully saturated rings. The number of nitro groups is 1. The van der Waals surface area contributed by atoms with Gasteiger partial charge < -0.3 is 5.32 Å². The second-order valence-corrected chi connectivity index (χ2v) is 10.1. The Balaban J connectivity index is 1.58. The van der Waals surface area contributed by atoms with Gasteiger partial charge >= 0.3 is 0 Å². The molecular weight excluding hydrogens is 400 g/mol. The number of allylic oxidation sites excluding steroid dienone is 2. The number of hydrogen-bond acceptors (Lipinski definition) is 7. The molecule has 3 aliphatic rings. The Morgan fingerprint density at radius 3 is 2.57 bits per heavy atom. The zero-order chi connectivity index (χ0) is 21.0. The molecule has 1 saturated heterocycles. The fourth-order valence-corrected chi connectivity index (χ4v) is 6.09. The average Bonchev–Trinajstić information content (AvgIpc) is 3.35. The van der Waals surface area contributed by atoms with E-state index in [-0.39, 0.29) is 45.9 Å². The van der Waals surface area contributed by atoms with E-state index in [9.17, 15) is 14.9 Å². The molecule has 0 radical (unpaired) electrons. The number of rotatable bonds is 3. The van der Waals surface area contributed by atoms with Crippen molar-refractivity contribution >= 4 is 22.8 Å². The molecule has 30 heavy (non-hydrogen) atoms. The van der Waals surface area contributed by atoms with E-state index in [1.165, 1.54) is 4.88 Å². The summed E-state index contributed by atoms with van der Waals surface area (Å²) in [7, 11) is 0. The van der Waals surface area contributed by atoms with Crippen molar-refractivity contribution in [3.8, 4) is 0 Å². The maximum absolute atomic E-state index is 13.3. The molecule has 0 amide bonds. The quantitative estimate of drug-likeness (QED) is 0.513. The van der Waals surface area contributed by atoms with Crippen molar-refractivity contribution in [3.05, 3.63) is 73.6 Å². The van der Waals surface area contributed by atoms with E-state index in [4.69, 9.17) is 0 Å². The van der Waals surface area contributed by atoms with E-state index < -0.39 is 0 Å². The standard InChI is InChI=1S/C22H24N4O3S/c1-22(2)10-14-17(15(27)11-22)18(16-4-3-9-30-16)19-20(24-25-21(19)23-14)12-5-7-13(8-6-12)26(28)29/h3-9,18-21,23-25H,10-11H2,1-2H3. The van der Waals surface area contributed by atoms with E-state index in [2.05, 4.69) is 41.5 Å². The van der Waals surface area contributed by atoms with Gasteiger partial charge in [-0.15, -0.1) is 11.3 Å². The van der Waals surface area contributed by atoms with Gasteiger partial charge in [0.25, 0.3) is 5.69 Å². The number of ketones is 1. The molecule has 2 aliphatic heterocycles. The topological polar surface area (TPSA) is 96.3 Å². The van der Waals surface area contributed by atoms with Crippen LogP contribution in [0.5, 0.6) is 0 Å². The third-order valence-corrected chi connectivity index (χ3v) is 7.38. The molecule has 0 bridgehead atoms. The first-order chi connectivity index (χ1) is 14.3. The third-order valence-electron chi connectivity index (χ3n) is 6.42. The molecule has 0 saturated carbocycles. The average molecular weight is 425 g/mol. The van der Waals surface area contributed by atoms with Gasteiger partial charge in [0.1, 0.15) is 0 Å². The van der Waals surface area contributed by atoms with Gasteiger partial charge in [-0.2, -0.15) is 0 Å². The lowest BCUT2D eigenvalue weighted by Crippen LogP contribution is -2.51. The van der Waals surface area contributed by atoms with Crippen molar-refractivity contribution in [3.63, 3.8) is 0 Å². The van der Waals surface area contributed by atoms with Crippen molar-refractivity contribution in [2.75, 3.05) is 0 Å². The van der Waals surface area contributed by atoms with Gasteiger partial charge in [0.05, 0.1) is 17.1 Å². The lowest BCUT2D eigenvalue weighted by Gasteiger charge is -2.44. The number of nitrogens with zero attached hydrogens (tertiary/aromatic N) is 1. The minimum Gasteiger partial charge on any atom is -0.371 e. The number of Topliss-reactive ketones (excluding diaryl/α,β-unsaturated/α-hetero) is 1. The van der Waals surface area contributed by atoms with E-state index in [0.717, 1.165) is 23.3 Å². The molecular formula is C22H24N4O3S. The number of carbonyl (C=O) groups is 1. The number of nitro benzene ring substituents is 1. The van der Waals surface area contributed by atoms with Crippen molar-refractivity contribution in [1.82, 2.24) is 16.2 Å². The molecule has 0 spiro atoms. The van der Waals surface area contributed by atoms with Gasteiger partial charge in [-0.05, 0) is 28.8 Å². The number of carbonyl (C=O) groups excluding carboxylic acids is 1. The maximum Gasteiger partial charge on any atom is 0.269 e. The van der Waals surface area contributed by atoms with Crippen LogP contribution in [-0.2, 0) is 4.79 Å². The predicted octanol–water partition coefficient (Wildman–Crippen LogP) is 3.78. The van der Waals surface area contributed by atoms with Crippen LogP contribution < -0.4 is 16.2 Å². The molecule has 156 valence electrons. The Morgan fingerprint density at radius 2 is 1.90 bits per heavy atom. The lowest BCUT2D eigenvalue weighted by atomic mass is 9.66. The van der Waals surface area contributed by atoms with Crippen molar-refractivity contribution in [1.29, 1.82) is 0 Å². The molecule has 5 rings (SSSR count). The Kier molecular flexibility index (Phi) is 4.53. The molecule has 1 aliphatic carbocycles. The number of hydrogen-bond donors (Lipinski definition) is 3. The number of thiophene rings is 1. The summed E-state index contributed by atoms with van der Waals surface area (Å²) in [6.45, 7) is 4.28. The van der Waals surface area contributed by atoms with Gasteiger partial charge in [0, 0.05) is 46.5 Å². The van der Waals surface area contributed by atoms with Crippen LogP contribution in [0.3, 0.4) is 0 Å². The smallest absolute Gasteiger partial charge is 0.269 e. The summed E-state index contributed by atoms with van der Waals surface area (Å²) >= 11 is 1.68.